The van der Waals surface area contributed by atoms with E-state index in [0.29, 0.717) is 0 Å². The van der Waals surface area contributed by atoms with E-state index in [4.69, 9.17) is 0 Å². The zero-order chi connectivity index (χ0) is 13.8. The van der Waals surface area contributed by atoms with E-state index in [1.807, 2.05) is 0 Å². The maximum atomic E-state index is 13.2. The van der Waals surface area contributed by atoms with Crippen LogP contribution in [0.5, 0.6) is 0 Å². The van der Waals surface area contributed by atoms with Crippen LogP contribution in [0.2, 0.25) is 0 Å². The van der Waals surface area contributed by atoms with E-state index in [9.17, 15) is 21.6 Å². The summed E-state index contributed by atoms with van der Waals surface area (Å²) < 4.78 is 61.0. The van der Waals surface area contributed by atoms with Gasteiger partial charge in [0, 0.05) is 12.3 Å². The van der Waals surface area contributed by atoms with Crippen LogP contribution in [0, 0.1) is 17.5 Å². The van der Waals surface area contributed by atoms with E-state index in [2.05, 4.69) is 5.32 Å². The Kier molecular flexibility index (Phi) is 5.01. The van der Waals surface area contributed by atoms with Gasteiger partial charge in [-0.05, 0) is 18.6 Å². The second kappa shape index (κ2) is 6.08. The van der Waals surface area contributed by atoms with Crippen LogP contribution in [0.3, 0.4) is 0 Å². The van der Waals surface area contributed by atoms with Gasteiger partial charge >= 0.3 is 0 Å². The third-order valence-corrected chi connectivity index (χ3v) is 4.21. The van der Waals surface area contributed by atoms with Gasteiger partial charge in [0.2, 0.25) is 0 Å². The largest absolute Gasteiger partial charge is 0.383 e. The smallest absolute Gasteiger partial charge is 0.196 e. The van der Waals surface area contributed by atoms with E-state index in [0.717, 1.165) is 12.1 Å². The molecule has 3 nitrogen and oxygen atoms in total. The van der Waals surface area contributed by atoms with Crippen LogP contribution in [-0.4, -0.2) is 26.5 Å². The Balaban J connectivity index is 2.53. The van der Waals surface area contributed by atoms with E-state index in [1.165, 1.54) is 6.92 Å². The highest BCUT2D eigenvalue weighted by Crippen LogP contribution is 2.19. The monoisotopic (exact) mass is 281 g/mol. The summed E-state index contributed by atoms with van der Waals surface area (Å²) in [4.78, 5) is 0. The molecule has 1 N–H and O–H groups in total. The number of anilines is 1. The van der Waals surface area contributed by atoms with Crippen molar-refractivity contribution in [2.24, 2.45) is 0 Å². The van der Waals surface area contributed by atoms with Crippen LogP contribution in [0.4, 0.5) is 18.9 Å². The standard InChI is InChI=1S/C11H14F3NO2S/c1-2-18(16,17)7-3-6-15-9-5-4-8(12)10(13)11(9)14/h4-5,15H,2-3,6-7H2,1H3. The number of rotatable bonds is 6. The molecule has 1 rings (SSSR count). The van der Waals surface area contributed by atoms with Crippen molar-refractivity contribution in [1.29, 1.82) is 0 Å². The molecule has 0 amide bonds. The zero-order valence-electron chi connectivity index (χ0n) is 9.84. The second-order valence-corrected chi connectivity index (χ2v) is 6.21. The van der Waals surface area contributed by atoms with Crippen molar-refractivity contribution < 1.29 is 21.6 Å². The molecule has 0 radical (unpaired) electrons. The summed E-state index contributed by atoms with van der Waals surface area (Å²) >= 11 is 0. The Labute approximate surface area is 104 Å². The molecule has 0 aliphatic rings. The first-order chi connectivity index (χ1) is 8.37. The molecule has 0 aromatic heterocycles. The molecule has 0 saturated heterocycles. The number of benzene rings is 1. The predicted molar refractivity (Wildman–Crippen MR) is 63.8 cm³/mol. The SMILES string of the molecule is CCS(=O)(=O)CCCNc1ccc(F)c(F)c1F. The molecular formula is C11H14F3NO2S. The molecule has 1 aromatic carbocycles. The molecule has 0 bridgehead atoms. The summed E-state index contributed by atoms with van der Waals surface area (Å²) in [7, 11) is -3.07. The number of halogens is 3. The summed E-state index contributed by atoms with van der Waals surface area (Å²) in [5.41, 5.74) is -0.178. The lowest BCUT2D eigenvalue weighted by molar-refractivity contribution is 0.449. The molecule has 18 heavy (non-hydrogen) atoms. The fourth-order valence-electron chi connectivity index (χ4n) is 1.32. The summed E-state index contributed by atoms with van der Waals surface area (Å²) in [5.74, 6) is -4.07. The van der Waals surface area contributed by atoms with Crippen molar-refractivity contribution in [3.05, 3.63) is 29.6 Å². The van der Waals surface area contributed by atoms with Gasteiger partial charge in [-0.1, -0.05) is 6.92 Å². The number of hydrogen-bond donors (Lipinski definition) is 1. The van der Waals surface area contributed by atoms with E-state index >= 15 is 0 Å². The van der Waals surface area contributed by atoms with Gasteiger partial charge in [-0.2, -0.15) is 0 Å². The fourth-order valence-corrected chi connectivity index (χ4v) is 2.19. The highest BCUT2D eigenvalue weighted by Gasteiger charge is 2.13. The number of nitrogens with one attached hydrogen (secondary N) is 1. The minimum absolute atomic E-state index is 0.0260. The van der Waals surface area contributed by atoms with Crippen LogP contribution < -0.4 is 5.32 Å². The van der Waals surface area contributed by atoms with Crippen LogP contribution in [0.1, 0.15) is 13.3 Å². The Morgan fingerprint density at radius 2 is 1.83 bits per heavy atom. The van der Waals surface area contributed by atoms with Crippen LogP contribution >= 0.6 is 0 Å². The highest BCUT2D eigenvalue weighted by atomic mass is 32.2. The van der Waals surface area contributed by atoms with Gasteiger partial charge < -0.3 is 5.32 Å². The second-order valence-electron chi connectivity index (χ2n) is 3.74. The molecule has 0 heterocycles. The van der Waals surface area contributed by atoms with Gasteiger partial charge in [-0.3, -0.25) is 0 Å². The first-order valence-electron chi connectivity index (χ1n) is 5.45. The van der Waals surface area contributed by atoms with E-state index in [1.54, 1.807) is 0 Å². The first-order valence-corrected chi connectivity index (χ1v) is 7.27. The molecule has 7 heteroatoms. The van der Waals surface area contributed by atoms with Gasteiger partial charge in [0.25, 0.3) is 0 Å². The van der Waals surface area contributed by atoms with Crippen molar-refractivity contribution in [3.8, 4) is 0 Å². The fraction of sp³-hybridized carbons (Fsp3) is 0.455. The zero-order valence-corrected chi connectivity index (χ0v) is 10.7. The van der Waals surface area contributed by atoms with Gasteiger partial charge in [-0.25, -0.2) is 21.6 Å². The average Bonchev–Trinajstić information content (AvgIpc) is 2.34. The Morgan fingerprint density at radius 1 is 1.17 bits per heavy atom. The summed E-state index contributed by atoms with van der Waals surface area (Å²) in [6.07, 6.45) is 0.272. The van der Waals surface area contributed by atoms with Crippen molar-refractivity contribution in [1.82, 2.24) is 0 Å². The van der Waals surface area contributed by atoms with Crippen molar-refractivity contribution in [2.45, 2.75) is 13.3 Å². The average molecular weight is 281 g/mol. The van der Waals surface area contributed by atoms with Gasteiger partial charge in [-0.15, -0.1) is 0 Å². The first kappa shape index (κ1) is 14.8. The lowest BCUT2D eigenvalue weighted by atomic mass is 10.2. The topological polar surface area (TPSA) is 46.2 Å². The Bertz CT molecular complexity index is 517. The summed E-state index contributed by atoms with van der Waals surface area (Å²) in [5, 5.41) is 2.53. The lowest BCUT2D eigenvalue weighted by Crippen LogP contribution is -2.13. The number of sulfone groups is 1. The van der Waals surface area contributed by atoms with Crippen LogP contribution in [0.25, 0.3) is 0 Å². The maximum absolute atomic E-state index is 13.2. The van der Waals surface area contributed by atoms with E-state index in [-0.39, 0.29) is 30.2 Å². The molecule has 0 spiro atoms. The molecular weight excluding hydrogens is 267 g/mol. The predicted octanol–water partition coefficient (Wildman–Crippen LogP) is 2.34. The molecule has 0 atom stereocenters. The Morgan fingerprint density at radius 3 is 2.44 bits per heavy atom. The third kappa shape index (κ3) is 3.90. The third-order valence-electron chi connectivity index (χ3n) is 2.42. The van der Waals surface area contributed by atoms with Crippen LogP contribution in [-0.2, 0) is 9.84 Å². The quantitative estimate of drug-likeness (QED) is 0.643. The maximum Gasteiger partial charge on any atom is 0.196 e. The van der Waals surface area contributed by atoms with Crippen LogP contribution in [0.15, 0.2) is 12.1 Å². The molecule has 0 saturated carbocycles. The molecule has 0 aliphatic carbocycles. The lowest BCUT2D eigenvalue weighted by Gasteiger charge is -2.08. The molecule has 0 aliphatic heterocycles. The van der Waals surface area contributed by atoms with Crippen molar-refractivity contribution in [2.75, 3.05) is 23.4 Å². The minimum Gasteiger partial charge on any atom is -0.383 e. The summed E-state index contributed by atoms with van der Waals surface area (Å²) in [6.45, 7) is 1.71. The molecule has 102 valence electrons. The molecule has 1 aromatic rings. The summed E-state index contributed by atoms with van der Waals surface area (Å²) in [6, 6.07) is 1.88. The molecule has 0 fully saturated rings. The van der Waals surface area contributed by atoms with Gasteiger partial charge in [0.15, 0.2) is 17.5 Å². The normalized spacial score (nSPS) is 11.6. The number of hydrogen-bond acceptors (Lipinski definition) is 3. The van der Waals surface area contributed by atoms with E-state index < -0.39 is 27.3 Å². The van der Waals surface area contributed by atoms with Crippen molar-refractivity contribution in [3.63, 3.8) is 0 Å². The minimum atomic E-state index is -3.07. The van der Waals surface area contributed by atoms with Gasteiger partial charge in [0.05, 0.1) is 11.4 Å². The Hall–Kier alpha value is -1.24. The van der Waals surface area contributed by atoms with Gasteiger partial charge in [0.1, 0.15) is 9.84 Å². The van der Waals surface area contributed by atoms with Crippen molar-refractivity contribution >= 4 is 15.5 Å². The highest BCUT2D eigenvalue weighted by molar-refractivity contribution is 7.91. The molecule has 0 unspecified atom stereocenters.